The van der Waals surface area contributed by atoms with Crippen LogP contribution in [0.15, 0.2) is 24.3 Å². The van der Waals surface area contributed by atoms with Gasteiger partial charge >= 0.3 is 0 Å². The van der Waals surface area contributed by atoms with Gasteiger partial charge in [-0.15, -0.1) is 0 Å². The highest BCUT2D eigenvalue weighted by molar-refractivity contribution is 5.94. The molecule has 0 fully saturated rings. The lowest BCUT2D eigenvalue weighted by molar-refractivity contribution is 0.0963. The van der Waals surface area contributed by atoms with Crippen molar-refractivity contribution in [3.8, 4) is 0 Å². The Balaban J connectivity index is 2.85. The fourth-order valence-corrected chi connectivity index (χ4v) is 1.12. The van der Waals surface area contributed by atoms with E-state index in [2.05, 4.69) is 10.6 Å². The Morgan fingerprint density at radius 2 is 2.23 bits per heavy atom. The fourth-order valence-electron chi connectivity index (χ4n) is 1.12. The molecule has 0 atom stereocenters. The Bertz CT molecular complexity index is 297. The first kappa shape index (κ1) is 9.58. The number of hydrogen-bond acceptors (Lipinski definition) is 2. The maximum absolute atomic E-state index is 11.2. The molecular formula is C10H14N2O. The molecule has 0 bridgehead atoms. The quantitative estimate of drug-likeness (QED) is 0.736. The molecule has 3 heteroatoms. The van der Waals surface area contributed by atoms with Gasteiger partial charge in [-0.3, -0.25) is 4.79 Å². The highest BCUT2D eigenvalue weighted by Crippen LogP contribution is 2.09. The Morgan fingerprint density at radius 1 is 1.46 bits per heavy atom. The third kappa shape index (κ3) is 2.47. The van der Waals surface area contributed by atoms with Crippen molar-refractivity contribution in [1.82, 2.24) is 5.32 Å². The Kier molecular flexibility index (Phi) is 3.31. The van der Waals surface area contributed by atoms with Gasteiger partial charge in [0.1, 0.15) is 0 Å². The minimum Gasteiger partial charge on any atom is -0.385 e. The van der Waals surface area contributed by atoms with E-state index in [-0.39, 0.29) is 5.91 Å². The lowest BCUT2D eigenvalue weighted by atomic mass is 10.2. The summed E-state index contributed by atoms with van der Waals surface area (Å²) in [5, 5.41) is 5.73. The Labute approximate surface area is 78.2 Å². The van der Waals surface area contributed by atoms with Crippen LogP contribution in [0.1, 0.15) is 17.3 Å². The summed E-state index contributed by atoms with van der Waals surface area (Å²) in [7, 11) is 1.63. The first-order valence-corrected chi connectivity index (χ1v) is 4.34. The number of carbonyl (C=O) groups excluding carboxylic acids is 1. The fraction of sp³-hybridized carbons (Fsp3) is 0.300. The van der Waals surface area contributed by atoms with Crippen molar-refractivity contribution in [3.05, 3.63) is 29.8 Å². The summed E-state index contributed by atoms with van der Waals surface area (Å²) in [5.41, 5.74) is 1.66. The number of rotatable bonds is 3. The molecule has 0 saturated heterocycles. The lowest BCUT2D eigenvalue weighted by Gasteiger charge is -2.04. The van der Waals surface area contributed by atoms with Crippen LogP contribution in [0.25, 0.3) is 0 Å². The molecule has 0 radical (unpaired) electrons. The van der Waals surface area contributed by atoms with Crippen molar-refractivity contribution in [3.63, 3.8) is 0 Å². The summed E-state index contributed by atoms with van der Waals surface area (Å²) in [6, 6.07) is 7.43. The van der Waals surface area contributed by atoms with Crippen LogP contribution >= 0.6 is 0 Å². The molecule has 70 valence electrons. The van der Waals surface area contributed by atoms with E-state index >= 15 is 0 Å². The Hall–Kier alpha value is -1.51. The van der Waals surface area contributed by atoms with Crippen molar-refractivity contribution >= 4 is 11.6 Å². The zero-order valence-electron chi connectivity index (χ0n) is 7.92. The van der Waals surface area contributed by atoms with Crippen LogP contribution in [0.5, 0.6) is 0 Å². The summed E-state index contributed by atoms with van der Waals surface area (Å²) in [4.78, 5) is 11.2. The second-order valence-corrected chi connectivity index (χ2v) is 2.69. The number of hydrogen-bond donors (Lipinski definition) is 2. The van der Waals surface area contributed by atoms with Crippen molar-refractivity contribution < 1.29 is 4.79 Å². The molecule has 1 amide bonds. The van der Waals surface area contributed by atoms with Crippen LogP contribution in [0.2, 0.25) is 0 Å². The normalized spacial score (nSPS) is 9.38. The third-order valence-electron chi connectivity index (χ3n) is 1.73. The molecule has 0 aliphatic rings. The van der Waals surface area contributed by atoms with Crippen molar-refractivity contribution in [2.45, 2.75) is 6.92 Å². The summed E-state index contributed by atoms with van der Waals surface area (Å²) < 4.78 is 0. The molecule has 1 aromatic rings. The average molecular weight is 178 g/mol. The smallest absolute Gasteiger partial charge is 0.251 e. The van der Waals surface area contributed by atoms with E-state index in [9.17, 15) is 4.79 Å². The molecule has 2 N–H and O–H groups in total. The summed E-state index contributed by atoms with van der Waals surface area (Å²) in [6.07, 6.45) is 0. The van der Waals surface area contributed by atoms with Gasteiger partial charge in [0.15, 0.2) is 0 Å². The van der Waals surface area contributed by atoms with Crippen LogP contribution in [-0.2, 0) is 0 Å². The van der Waals surface area contributed by atoms with E-state index in [1.807, 2.05) is 25.1 Å². The molecule has 1 rings (SSSR count). The first-order chi connectivity index (χ1) is 6.27. The van der Waals surface area contributed by atoms with Gasteiger partial charge in [-0.2, -0.15) is 0 Å². The minimum absolute atomic E-state index is 0.0558. The summed E-state index contributed by atoms with van der Waals surface area (Å²) in [6.45, 7) is 2.88. The first-order valence-electron chi connectivity index (χ1n) is 4.34. The van der Waals surface area contributed by atoms with E-state index in [0.717, 1.165) is 12.2 Å². The molecule has 0 aromatic heterocycles. The Morgan fingerprint density at radius 3 is 2.85 bits per heavy atom. The number of nitrogens with one attached hydrogen (secondary N) is 2. The second-order valence-electron chi connectivity index (χ2n) is 2.69. The topological polar surface area (TPSA) is 41.1 Å². The van der Waals surface area contributed by atoms with Crippen LogP contribution in [0.3, 0.4) is 0 Å². The van der Waals surface area contributed by atoms with Crippen molar-refractivity contribution in [2.75, 3.05) is 18.9 Å². The van der Waals surface area contributed by atoms with Gasteiger partial charge in [0, 0.05) is 24.8 Å². The van der Waals surface area contributed by atoms with Gasteiger partial charge in [-0.25, -0.2) is 0 Å². The summed E-state index contributed by atoms with van der Waals surface area (Å²) >= 11 is 0. The highest BCUT2D eigenvalue weighted by atomic mass is 16.1. The van der Waals surface area contributed by atoms with Crippen LogP contribution < -0.4 is 10.6 Å². The van der Waals surface area contributed by atoms with E-state index < -0.39 is 0 Å². The standard InChI is InChI=1S/C10H14N2O/c1-3-12-9-6-4-5-8(7-9)10(13)11-2/h4-7,12H,3H2,1-2H3,(H,11,13). The number of amides is 1. The van der Waals surface area contributed by atoms with E-state index in [4.69, 9.17) is 0 Å². The van der Waals surface area contributed by atoms with Gasteiger partial charge in [0.05, 0.1) is 0 Å². The lowest BCUT2D eigenvalue weighted by Crippen LogP contribution is -2.17. The predicted octanol–water partition coefficient (Wildman–Crippen LogP) is 1.48. The largest absolute Gasteiger partial charge is 0.385 e. The average Bonchev–Trinajstić information content (AvgIpc) is 2.18. The molecule has 0 aliphatic carbocycles. The van der Waals surface area contributed by atoms with Gasteiger partial charge in [0.25, 0.3) is 5.91 Å². The minimum atomic E-state index is -0.0558. The van der Waals surface area contributed by atoms with Crippen LogP contribution in [-0.4, -0.2) is 19.5 Å². The molecule has 3 nitrogen and oxygen atoms in total. The molecular weight excluding hydrogens is 164 g/mol. The zero-order chi connectivity index (χ0) is 9.68. The van der Waals surface area contributed by atoms with Crippen molar-refractivity contribution in [1.29, 1.82) is 0 Å². The number of anilines is 1. The second kappa shape index (κ2) is 4.50. The van der Waals surface area contributed by atoms with Crippen LogP contribution in [0.4, 0.5) is 5.69 Å². The van der Waals surface area contributed by atoms with Gasteiger partial charge < -0.3 is 10.6 Å². The number of carbonyl (C=O) groups is 1. The van der Waals surface area contributed by atoms with Gasteiger partial charge in [0.2, 0.25) is 0 Å². The van der Waals surface area contributed by atoms with Crippen LogP contribution in [0, 0.1) is 0 Å². The maximum atomic E-state index is 11.2. The highest BCUT2D eigenvalue weighted by Gasteiger charge is 2.01. The molecule has 0 heterocycles. The monoisotopic (exact) mass is 178 g/mol. The molecule has 0 saturated carbocycles. The molecule has 0 unspecified atom stereocenters. The van der Waals surface area contributed by atoms with Crippen molar-refractivity contribution in [2.24, 2.45) is 0 Å². The van der Waals surface area contributed by atoms with Gasteiger partial charge in [-0.05, 0) is 25.1 Å². The van der Waals surface area contributed by atoms with E-state index in [0.29, 0.717) is 5.56 Å². The number of benzene rings is 1. The van der Waals surface area contributed by atoms with E-state index in [1.54, 1.807) is 13.1 Å². The zero-order valence-corrected chi connectivity index (χ0v) is 7.92. The summed E-state index contributed by atoms with van der Waals surface area (Å²) in [5.74, 6) is -0.0558. The molecule has 0 aliphatic heterocycles. The predicted molar refractivity (Wildman–Crippen MR) is 54.0 cm³/mol. The molecule has 13 heavy (non-hydrogen) atoms. The molecule has 1 aromatic carbocycles. The third-order valence-corrected chi connectivity index (χ3v) is 1.73. The maximum Gasteiger partial charge on any atom is 0.251 e. The SMILES string of the molecule is CCNc1cccc(C(=O)NC)c1. The van der Waals surface area contributed by atoms with E-state index in [1.165, 1.54) is 0 Å². The molecule has 0 spiro atoms. The van der Waals surface area contributed by atoms with Gasteiger partial charge in [-0.1, -0.05) is 6.07 Å².